The van der Waals surface area contributed by atoms with E-state index in [2.05, 4.69) is 6.07 Å². The van der Waals surface area contributed by atoms with E-state index >= 15 is 0 Å². The van der Waals surface area contributed by atoms with E-state index in [9.17, 15) is 24.6 Å². The molecule has 0 radical (unpaired) electrons. The molecule has 0 bridgehead atoms. The van der Waals surface area contributed by atoms with Crippen LogP contribution in [0.2, 0.25) is 0 Å². The lowest BCUT2D eigenvalue weighted by Crippen LogP contribution is -2.47. The number of nitriles is 1. The van der Waals surface area contributed by atoms with Gasteiger partial charge in [0.1, 0.15) is 5.82 Å². The van der Waals surface area contributed by atoms with E-state index in [0.29, 0.717) is 27.7 Å². The van der Waals surface area contributed by atoms with Gasteiger partial charge in [-0.3, -0.25) is 19.8 Å². The number of thioether (sulfide) groups is 1. The third-order valence-electron chi connectivity index (χ3n) is 4.97. The normalized spacial score (nSPS) is 19.0. The van der Waals surface area contributed by atoms with Gasteiger partial charge in [-0.25, -0.2) is 4.39 Å². The number of hydrogen-bond donors (Lipinski definition) is 0. The smallest absolute Gasteiger partial charge is 0.269 e. The summed E-state index contributed by atoms with van der Waals surface area (Å²) in [5, 5.41) is 21.4. The molecule has 2 aliphatic heterocycles. The van der Waals surface area contributed by atoms with Gasteiger partial charge in [0.2, 0.25) is 5.91 Å². The first-order valence-electron chi connectivity index (χ1n) is 8.81. The average Bonchev–Trinajstić information content (AvgIpc) is 2.74. The van der Waals surface area contributed by atoms with Crippen LogP contribution in [0.15, 0.2) is 59.1 Å². The predicted molar refractivity (Wildman–Crippen MR) is 106 cm³/mol. The lowest BCUT2D eigenvalue weighted by Gasteiger charge is -2.42. The summed E-state index contributed by atoms with van der Waals surface area (Å²) in [7, 11) is 0. The highest BCUT2D eigenvalue weighted by Crippen LogP contribution is 2.43. The number of nitro groups is 1. The molecule has 2 aliphatic rings. The highest BCUT2D eigenvalue weighted by atomic mass is 32.2. The molecule has 2 aromatic rings. The van der Waals surface area contributed by atoms with Crippen LogP contribution in [0.25, 0.3) is 0 Å². The van der Waals surface area contributed by atoms with Crippen molar-refractivity contribution >= 4 is 29.0 Å². The van der Waals surface area contributed by atoms with Crippen LogP contribution in [0, 0.1) is 27.3 Å². The van der Waals surface area contributed by atoms with Crippen LogP contribution in [0.3, 0.4) is 0 Å². The minimum Gasteiger partial charge on any atom is -0.341 e. The van der Waals surface area contributed by atoms with Gasteiger partial charge in [0, 0.05) is 24.5 Å². The molecule has 1 fully saturated rings. The molecule has 0 N–H and O–H groups in total. The van der Waals surface area contributed by atoms with Crippen molar-refractivity contribution in [1.29, 1.82) is 5.26 Å². The molecule has 1 atom stereocenters. The number of benzene rings is 2. The van der Waals surface area contributed by atoms with Crippen molar-refractivity contribution in [3.8, 4) is 6.07 Å². The molecule has 4 rings (SSSR count). The van der Waals surface area contributed by atoms with Crippen molar-refractivity contribution in [2.75, 3.05) is 17.4 Å². The molecule has 1 unspecified atom stereocenters. The number of carbonyl (C=O) groups is 1. The van der Waals surface area contributed by atoms with Crippen molar-refractivity contribution in [2.24, 2.45) is 0 Å². The number of allylic oxidation sites excluding steroid dienone is 1. The van der Waals surface area contributed by atoms with Gasteiger partial charge in [0.25, 0.3) is 5.69 Å². The van der Waals surface area contributed by atoms with Crippen molar-refractivity contribution < 1.29 is 14.1 Å². The number of hydrogen-bond acceptors (Lipinski definition) is 6. The quantitative estimate of drug-likeness (QED) is 0.562. The summed E-state index contributed by atoms with van der Waals surface area (Å²) >= 11 is 1.29. The van der Waals surface area contributed by atoms with Crippen LogP contribution >= 0.6 is 11.8 Å². The lowest BCUT2D eigenvalue weighted by atomic mass is 9.86. The van der Waals surface area contributed by atoms with Crippen molar-refractivity contribution in [2.45, 2.75) is 12.3 Å². The molecule has 9 heteroatoms. The van der Waals surface area contributed by atoms with Gasteiger partial charge < -0.3 is 4.90 Å². The number of rotatable bonds is 3. The summed E-state index contributed by atoms with van der Waals surface area (Å²) in [6.45, 7) is 0.148. The average molecular weight is 410 g/mol. The molecule has 0 spiro atoms. The minimum absolute atomic E-state index is 0.0270. The Balaban J connectivity index is 1.69. The molecule has 1 saturated heterocycles. The number of amides is 1. The van der Waals surface area contributed by atoms with Crippen LogP contribution in [0.5, 0.6) is 0 Å². The maximum Gasteiger partial charge on any atom is 0.269 e. The Morgan fingerprint density at radius 2 is 2.03 bits per heavy atom. The van der Waals surface area contributed by atoms with E-state index in [1.54, 1.807) is 35.2 Å². The highest BCUT2D eigenvalue weighted by Gasteiger charge is 2.39. The monoisotopic (exact) mass is 410 g/mol. The molecular formula is C20H15FN4O3S. The zero-order valence-electron chi connectivity index (χ0n) is 15.1. The topological polar surface area (TPSA) is 90.5 Å². The molecule has 0 saturated carbocycles. The lowest BCUT2D eigenvalue weighted by molar-refractivity contribution is -0.384. The molecule has 2 aromatic carbocycles. The SMILES string of the molecule is N#CC1=C2SCN(c3ccccc3F)CN2C(=O)CC1c1cccc([N+](=O)[O-])c1. The first kappa shape index (κ1) is 19.0. The van der Waals surface area contributed by atoms with Gasteiger partial charge in [-0.2, -0.15) is 5.26 Å². The maximum atomic E-state index is 14.2. The van der Waals surface area contributed by atoms with Crippen LogP contribution in [-0.4, -0.2) is 28.3 Å². The highest BCUT2D eigenvalue weighted by molar-refractivity contribution is 8.03. The molecule has 29 heavy (non-hydrogen) atoms. The van der Waals surface area contributed by atoms with E-state index < -0.39 is 10.8 Å². The Bertz CT molecular complexity index is 1080. The minimum atomic E-state index is -0.536. The fourth-order valence-corrected chi connectivity index (χ4v) is 4.72. The summed E-state index contributed by atoms with van der Waals surface area (Å²) in [5.41, 5.74) is 1.28. The van der Waals surface area contributed by atoms with E-state index in [0.717, 1.165) is 0 Å². The zero-order valence-corrected chi connectivity index (χ0v) is 15.9. The Labute approximate surface area is 170 Å². The number of nitrogens with zero attached hydrogens (tertiary/aromatic N) is 4. The fraction of sp³-hybridized carbons (Fsp3) is 0.200. The van der Waals surface area contributed by atoms with Gasteiger partial charge in [-0.15, -0.1) is 0 Å². The Kier molecular flexibility index (Phi) is 4.94. The third kappa shape index (κ3) is 3.43. The Hall–Kier alpha value is -3.38. The number of nitro benzene ring substituents is 1. The van der Waals surface area contributed by atoms with Crippen molar-refractivity contribution in [3.63, 3.8) is 0 Å². The summed E-state index contributed by atoms with van der Waals surface area (Å²) in [6.07, 6.45) is 0.0270. The summed E-state index contributed by atoms with van der Waals surface area (Å²) < 4.78 is 14.2. The molecule has 1 amide bonds. The second-order valence-electron chi connectivity index (χ2n) is 6.67. The summed E-state index contributed by atoms with van der Waals surface area (Å²) in [5.74, 6) is -0.734. The van der Waals surface area contributed by atoms with E-state index in [1.807, 2.05) is 0 Å². The summed E-state index contributed by atoms with van der Waals surface area (Å²) in [4.78, 5) is 26.7. The van der Waals surface area contributed by atoms with Gasteiger partial charge in [-0.05, 0) is 17.7 Å². The number of anilines is 1. The van der Waals surface area contributed by atoms with E-state index in [1.165, 1.54) is 34.9 Å². The first-order chi connectivity index (χ1) is 14.0. The second-order valence-corrected chi connectivity index (χ2v) is 7.60. The second kappa shape index (κ2) is 7.56. The van der Waals surface area contributed by atoms with Gasteiger partial charge in [0.15, 0.2) is 0 Å². The first-order valence-corrected chi connectivity index (χ1v) is 9.79. The standard InChI is InChI=1S/C20H15FN4O3S/c21-17-6-1-2-7-18(17)23-11-24-19(26)9-15(16(10-22)20(24)29-12-23)13-4-3-5-14(8-13)25(27)28/h1-8,15H,9,11-12H2. The van der Waals surface area contributed by atoms with Crippen molar-refractivity contribution in [1.82, 2.24) is 4.90 Å². The van der Waals surface area contributed by atoms with Gasteiger partial charge in [0.05, 0.1) is 39.8 Å². The molecule has 0 aliphatic carbocycles. The Morgan fingerprint density at radius 1 is 1.24 bits per heavy atom. The molecule has 0 aromatic heterocycles. The van der Waals surface area contributed by atoms with Crippen LogP contribution in [0.4, 0.5) is 15.8 Å². The maximum absolute atomic E-state index is 14.2. The van der Waals surface area contributed by atoms with Gasteiger partial charge in [-0.1, -0.05) is 36.0 Å². The zero-order chi connectivity index (χ0) is 20.5. The summed E-state index contributed by atoms with van der Waals surface area (Å²) in [6, 6.07) is 14.6. The largest absolute Gasteiger partial charge is 0.341 e. The molecule has 2 heterocycles. The molecule has 7 nitrogen and oxygen atoms in total. The Morgan fingerprint density at radius 3 is 2.76 bits per heavy atom. The number of fused-ring (bicyclic) bond motifs is 1. The van der Waals surface area contributed by atoms with E-state index in [4.69, 9.17) is 0 Å². The molecule has 146 valence electrons. The van der Waals surface area contributed by atoms with E-state index in [-0.39, 0.29) is 30.5 Å². The van der Waals surface area contributed by atoms with Crippen LogP contribution in [0.1, 0.15) is 17.9 Å². The van der Waals surface area contributed by atoms with Crippen LogP contribution < -0.4 is 4.90 Å². The number of carbonyl (C=O) groups excluding carboxylic acids is 1. The third-order valence-corrected chi connectivity index (χ3v) is 6.12. The van der Waals surface area contributed by atoms with Crippen molar-refractivity contribution in [3.05, 3.63) is 80.6 Å². The molecular weight excluding hydrogens is 395 g/mol. The fourth-order valence-electron chi connectivity index (χ4n) is 3.56. The number of para-hydroxylation sites is 1. The number of non-ortho nitro benzene ring substituents is 1. The number of halogens is 1. The van der Waals surface area contributed by atoms with Gasteiger partial charge >= 0.3 is 0 Å². The van der Waals surface area contributed by atoms with Crippen LogP contribution in [-0.2, 0) is 4.79 Å². The predicted octanol–water partition coefficient (Wildman–Crippen LogP) is 3.95.